The van der Waals surface area contributed by atoms with Crippen molar-refractivity contribution in [3.63, 3.8) is 0 Å². The molecule has 0 saturated heterocycles. The van der Waals surface area contributed by atoms with Crippen LogP contribution in [0.25, 0.3) is 86.3 Å². The molecule has 0 atom stereocenters. The summed E-state index contributed by atoms with van der Waals surface area (Å²) in [5.74, 6) is 0. The Balaban J connectivity index is 1.14. The molecule has 10 aromatic rings. The van der Waals surface area contributed by atoms with Crippen LogP contribution in [0.2, 0.25) is 0 Å². The Kier molecular flexibility index (Phi) is 5.16. The minimum Gasteiger partial charge on any atom is -0.309 e. The van der Waals surface area contributed by atoms with Crippen molar-refractivity contribution in [2.45, 2.75) is 0 Å². The molecule has 0 spiro atoms. The SMILES string of the molecule is c1ccc2c(c1)sc1ccc(-n3c4ccncc4c4ccc(-c5ccc(-n6c7ccccc7c7ccccc76)cc5)cc43)cc12. The van der Waals surface area contributed by atoms with Crippen LogP contribution in [0.1, 0.15) is 0 Å². The van der Waals surface area contributed by atoms with Crippen molar-refractivity contribution < 1.29 is 0 Å². The molecule has 0 N–H and O–H groups in total. The van der Waals surface area contributed by atoms with Gasteiger partial charge in [-0.15, -0.1) is 11.3 Å². The van der Waals surface area contributed by atoms with Gasteiger partial charge in [-0.1, -0.05) is 78.9 Å². The molecule has 3 nitrogen and oxygen atoms in total. The fourth-order valence-electron chi connectivity index (χ4n) is 7.18. The van der Waals surface area contributed by atoms with E-state index in [0.29, 0.717) is 0 Å². The second-order valence-electron chi connectivity index (χ2n) is 11.7. The Bertz CT molecular complexity index is 2710. The van der Waals surface area contributed by atoms with Crippen molar-refractivity contribution in [1.29, 1.82) is 0 Å². The first-order valence-corrected chi connectivity index (χ1v) is 16.0. The van der Waals surface area contributed by atoms with Gasteiger partial charge >= 0.3 is 0 Å². The summed E-state index contributed by atoms with van der Waals surface area (Å²) in [5.41, 5.74) is 9.50. The number of pyridine rings is 1. The number of fused-ring (bicyclic) bond motifs is 9. The summed E-state index contributed by atoms with van der Waals surface area (Å²) in [6, 6.07) is 50.8. The Labute approximate surface area is 262 Å². The summed E-state index contributed by atoms with van der Waals surface area (Å²) in [6.07, 6.45) is 3.89. The lowest BCUT2D eigenvalue weighted by Crippen LogP contribution is -1.94. The van der Waals surface area contributed by atoms with E-state index in [1.165, 1.54) is 64.0 Å². The van der Waals surface area contributed by atoms with Crippen LogP contribution in [-0.2, 0) is 0 Å². The Morgan fingerprint density at radius 1 is 0.400 bits per heavy atom. The maximum atomic E-state index is 4.50. The normalized spacial score (nSPS) is 12.0. The lowest BCUT2D eigenvalue weighted by molar-refractivity contribution is 1.18. The summed E-state index contributed by atoms with van der Waals surface area (Å²) in [6.45, 7) is 0. The molecule has 0 fully saturated rings. The Morgan fingerprint density at radius 2 is 1.00 bits per heavy atom. The van der Waals surface area contributed by atoms with E-state index >= 15 is 0 Å². The number of nitrogens with zero attached hydrogens (tertiary/aromatic N) is 3. The number of benzene rings is 6. The van der Waals surface area contributed by atoms with Crippen molar-refractivity contribution >= 4 is 75.1 Å². The van der Waals surface area contributed by atoms with Crippen LogP contribution in [-0.4, -0.2) is 14.1 Å². The van der Waals surface area contributed by atoms with Crippen LogP contribution in [0.4, 0.5) is 0 Å². The number of hydrogen-bond acceptors (Lipinski definition) is 2. The van der Waals surface area contributed by atoms with Crippen LogP contribution < -0.4 is 0 Å². The Hall–Kier alpha value is -5.71. The van der Waals surface area contributed by atoms with Crippen molar-refractivity contribution in [2.75, 3.05) is 0 Å². The van der Waals surface area contributed by atoms with Gasteiger partial charge < -0.3 is 9.13 Å². The molecule has 0 aliphatic heterocycles. The average molecular weight is 592 g/mol. The second-order valence-corrected chi connectivity index (χ2v) is 12.7. The zero-order chi connectivity index (χ0) is 29.5. The first kappa shape index (κ1) is 24.7. The quantitative estimate of drug-likeness (QED) is 0.200. The molecule has 4 aromatic heterocycles. The van der Waals surface area contributed by atoms with Gasteiger partial charge in [-0.2, -0.15) is 0 Å². The van der Waals surface area contributed by atoms with Gasteiger partial charge in [0.1, 0.15) is 0 Å². The standard InChI is InChI=1S/C41H25N3S/c1-4-10-36-30(7-1)31-8-2-5-11-37(31)43(36)28-16-13-26(14-17-28)27-15-19-32-35-25-42-22-21-38(35)44(39(32)23-27)29-18-20-41-34(24-29)33-9-3-6-12-40(33)45-41/h1-25H. The number of aromatic nitrogens is 3. The molecule has 10 rings (SSSR count). The monoisotopic (exact) mass is 591 g/mol. The summed E-state index contributed by atoms with van der Waals surface area (Å²) >= 11 is 1.85. The van der Waals surface area contributed by atoms with Gasteiger partial charge in [0.25, 0.3) is 0 Å². The smallest absolute Gasteiger partial charge is 0.0571 e. The third-order valence-corrected chi connectivity index (χ3v) is 10.4. The fraction of sp³-hybridized carbons (Fsp3) is 0. The molecule has 0 unspecified atom stereocenters. The van der Waals surface area contributed by atoms with Gasteiger partial charge in [0.15, 0.2) is 0 Å². The third kappa shape index (κ3) is 3.60. The van der Waals surface area contributed by atoms with Crippen LogP contribution in [0, 0.1) is 0 Å². The zero-order valence-corrected chi connectivity index (χ0v) is 25.0. The highest BCUT2D eigenvalue weighted by Gasteiger charge is 2.16. The first-order valence-electron chi connectivity index (χ1n) is 15.2. The first-order chi connectivity index (χ1) is 22.3. The number of thiophene rings is 1. The summed E-state index contributed by atoms with van der Waals surface area (Å²) in [5, 5.41) is 7.53. The van der Waals surface area contributed by atoms with Gasteiger partial charge in [0.2, 0.25) is 0 Å². The number of para-hydroxylation sites is 2. The van der Waals surface area contributed by atoms with Crippen molar-refractivity contribution in [1.82, 2.24) is 14.1 Å². The number of rotatable bonds is 3. The van der Waals surface area contributed by atoms with Crippen molar-refractivity contribution in [3.8, 4) is 22.5 Å². The summed E-state index contributed by atoms with van der Waals surface area (Å²) in [7, 11) is 0. The molecule has 0 amide bonds. The highest BCUT2D eigenvalue weighted by atomic mass is 32.1. The maximum absolute atomic E-state index is 4.50. The molecule has 4 heteroatoms. The highest BCUT2D eigenvalue weighted by Crippen LogP contribution is 2.39. The highest BCUT2D eigenvalue weighted by molar-refractivity contribution is 7.25. The topological polar surface area (TPSA) is 22.8 Å². The van der Waals surface area contributed by atoms with Crippen LogP contribution in [0.15, 0.2) is 152 Å². The van der Waals surface area contributed by atoms with Crippen molar-refractivity contribution in [2.24, 2.45) is 0 Å². The van der Waals surface area contributed by atoms with Gasteiger partial charge in [0.05, 0.1) is 22.1 Å². The third-order valence-electron chi connectivity index (χ3n) is 9.23. The predicted octanol–water partition coefficient (Wildman–Crippen LogP) is 11.3. The van der Waals surface area contributed by atoms with E-state index in [0.717, 1.165) is 22.3 Å². The molecule has 0 radical (unpaired) electrons. The van der Waals surface area contributed by atoms with Crippen molar-refractivity contribution in [3.05, 3.63) is 152 Å². The molecular weight excluding hydrogens is 567 g/mol. The lowest BCUT2D eigenvalue weighted by Gasteiger charge is -2.11. The lowest BCUT2D eigenvalue weighted by atomic mass is 10.0. The van der Waals surface area contributed by atoms with Gasteiger partial charge in [-0.3, -0.25) is 4.98 Å². The van der Waals surface area contributed by atoms with Crippen LogP contribution >= 0.6 is 11.3 Å². The second kappa shape index (κ2) is 9.39. The molecule has 0 bridgehead atoms. The van der Waals surface area contributed by atoms with Crippen LogP contribution in [0.3, 0.4) is 0 Å². The van der Waals surface area contributed by atoms with Gasteiger partial charge in [-0.05, 0) is 71.8 Å². The molecule has 0 aliphatic carbocycles. The minimum absolute atomic E-state index is 1.16. The molecule has 0 saturated carbocycles. The van der Waals surface area contributed by atoms with E-state index in [4.69, 9.17) is 0 Å². The predicted molar refractivity (Wildman–Crippen MR) is 191 cm³/mol. The molecular formula is C41H25N3S. The Morgan fingerprint density at radius 3 is 1.80 bits per heavy atom. The minimum atomic E-state index is 1.16. The van der Waals surface area contributed by atoms with E-state index in [9.17, 15) is 0 Å². The number of hydrogen-bond donors (Lipinski definition) is 0. The largest absolute Gasteiger partial charge is 0.309 e. The van der Waals surface area contributed by atoms with E-state index in [1.54, 1.807) is 0 Å². The molecule has 6 aromatic carbocycles. The van der Waals surface area contributed by atoms with E-state index in [1.807, 2.05) is 23.7 Å². The molecule has 210 valence electrons. The summed E-state index contributed by atoms with van der Waals surface area (Å²) < 4.78 is 7.40. The maximum Gasteiger partial charge on any atom is 0.0571 e. The van der Waals surface area contributed by atoms with E-state index in [-0.39, 0.29) is 0 Å². The van der Waals surface area contributed by atoms with Crippen LogP contribution in [0.5, 0.6) is 0 Å². The van der Waals surface area contributed by atoms with Gasteiger partial charge in [0, 0.05) is 65.5 Å². The molecule has 45 heavy (non-hydrogen) atoms. The van der Waals surface area contributed by atoms with E-state index in [2.05, 4.69) is 154 Å². The molecule has 0 aliphatic rings. The fourth-order valence-corrected chi connectivity index (χ4v) is 8.26. The molecule has 4 heterocycles. The van der Waals surface area contributed by atoms with Gasteiger partial charge in [-0.25, -0.2) is 0 Å². The van der Waals surface area contributed by atoms with E-state index < -0.39 is 0 Å². The summed E-state index contributed by atoms with van der Waals surface area (Å²) in [4.78, 5) is 4.50. The average Bonchev–Trinajstić information content (AvgIpc) is 3.75. The zero-order valence-electron chi connectivity index (χ0n) is 24.2.